The Labute approximate surface area is 103 Å². The minimum absolute atomic E-state index is 0.0934. The standard InChI is InChI=1S/C12H15F4NO/c1-2-9(7-18)17-6-8-3-4-11(13)10(5-8)12(14,15)16/h3-5,9,17-18H,2,6-7H2,1H3. The molecule has 0 aromatic heterocycles. The second-order valence-electron chi connectivity index (χ2n) is 3.98. The van der Waals surface area contributed by atoms with Crippen LogP contribution in [0.4, 0.5) is 17.6 Å². The van der Waals surface area contributed by atoms with Gasteiger partial charge in [0.25, 0.3) is 0 Å². The molecule has 1 unspecified atom stereocenters. The van der Waals surface area contributed by atoms with E-state index in [-0.39, 0.29) is 19.2 Å². The molecule has 0 aliphatic heterocycles. The predicted molar refractivity (Wildman–Crippen MR) is 59.4 cm³/mol. The highest BCUT2D eigenvalue weighted by Crippen LogP contribution is 2.31. The molecule has 1 aromatic rings. The minimum atomic E-state index is -4.69. The van der Waals surface area contributed by atoms with Gasteiger partial charge in [-0.15, -0.1) is 0 Å². The highest BCUT2D eigenvalue weighted by Gasteiger charge is 2.34. The molecule has 0 fully saturated rings. The number of aliphatic hydroxyl groups excluding tert-OH is 1. The maximum atomic E-state index is 13.0. The lowest BCUT2D eigenvalue weighted by Gasteiger charge is -2.15. The number of aliphatic hydroxyl groups is 1. The van der Waals surface area contributed by atoms with E-state index in [2.05, 4.69) is 5.32 Å². The SMILES string of the molecule is CCC(CO)NCc1ccc(F)c(C(F)(F)F)c1. The fourth-order valence-electron chi connectivity index (χ4n) is 1.50. The molecule has 2 nitrogen and oxygen atoms in total. The first kappa shape index (κ1) is 14.9. The van der Waals surface area contributed by atoms with Crippen LogP contribution in [0.2, 0.25) is 0 Å². The van der Waals surface area contributed by atoms with Crippen LogP contribution in [0.1, 0.15) is 24.5 Å². The van der Waals surface area contributed by atoms with E-state index in [9.17, 15) is 17.6 Å². The van der Waals surface area contributed by atoms with E-state index >= 15 is 0 Å². The summed E-state index contributed by atoms with van der Waals surface area (Å²) in [5, 5.41) is 11.8. The summed E-state index contributed by atoms with van der Waals surface area (Å²) in [6, 6.07) is 2.71. The average molecular weight is 265 g/mol. The second-order valence-corrected chi connectivity index (χ2v) is 3.98. The zero-order chi connectivity index (χ0) is 13.8. The van der Waals surface area contributed by atoms with Crippen LogP contribution in [0.25, 0.3) is 0 Å². The van der Waals surface area contributed by atoms with E-state index in [4.69, 9.17) is 5.11 Å². The van der Waals surface area contributed by atoms with Gasteiger partial charge in [-0.1, -0.05) is 13.0 Å². The van der Waals surface area contributed by atoms with Crippen LogP contribution in [0, 0.1) is 5.82 Å². The van der Waals surface area contributed by atoms with Crippen LogP contribution < -0.4 is 5.32 Å². The zero-order valence-corrected chi connectivity index (χ0v) is 9.89. The van der Waals surface area contributed by atoms with E-state index in [0.29, 0.717) is 12.0 Å². The van der Waals surface area contributed by atoms with Gasteiger partial charge < -0.3 is 10.4 Å². The number of rotatable bonds is 5. The number of alkyl halides is 3. The van der Waals surface area contributed by atoms with Gasteiger partial charge in [-0.2, -0.15) is 13.2 Å². The smallest absolute Gasteiger partial charge is 0.395 e. The van der Waals surface area contributed by atoms with E-state index in [0.717, 1.165) is 12.1 Å². The molecule has 1 aromatic carbocycles. The lowest BCUT2D eigenvalue weighted by Crippen LogP contribution is -2.31. The molecule has 1 rings (SSSR count). The van der Waals surface area contributed by atoms with E-state index in [1.165, 1.54) is 6.07 Å². The summed E-state index contributed by atoms with van der Waals surface area (Å²) >= 11 is 0. The summed E-state index contributed by atoms with van der Waals surface area (Å²) in [6.07, 6.45) is -4.04. The van der Waals surface area contributed by atoms with Crippen molar-refractivity contribution in [2.45, 2.75) is 32.1 Å². The molecule has 0 bridgehead atoms. The van der Waals surface area contributed by atoms with Crippen LogP contribution in [-0.4, -0.2) is 17.8 Å². The van der Waals surface area contributed by atoms with Crippen molar-refractivity contribution in [3.63, 3.8) is 0 Å². The molecule has 2 N–H and O–H groups in total. The van der Waals surface area contributed by atoms with Crippen molar-refractivity contribution in [3.8, 4) is 0 Å². The molecular weight excluding hydrogens is 250 g/mol. The Morgan fingerprint density at radius 2 is 2.00 bits per heavy atom. The third kappa shape index (κ3) is 3.96. The first-order valence-electron chi connectivity index (χ1n) is 5.58. The predicted octanol–water partition coefficient (Wildman–Crippen LogP) is 2.71. The van der Waals surface area contributed by atoms with Gasteiger partial charge in [0, 0.05) is 12.6 Å². The van der Waals surface area contributed by atoms with Gasteiger partial charge in [0.15, 0.2) is 0 Å². The number of halogens is 4. The minimum Gasteiger partial charge on any atom is -0.395 e. The Balaban J connectivity index is 2.80. The van der Waals surface area contributed by atoms with Crippen molar-refractivity contribution in [1.29, 1.82) is 0 Å². The summed E-state index contributed by atoms with van der Waals surface area (Å²) in [5.74, 6) is -1.28. The quantitative estimate of drug-likeness (QED) is 0.802. The lowest BCUT2D eigenvalue weighted by atomic mass is 10.1. The van der Waals surface area contributed by atoms with Crippen molar-refractivity contribution in [2.75, 3.05) is 6.61 Å². The third-order valence-corrected chi connectivity index (χ3v) is 2.64. The normalized spacial score (nSPS) is 13.7. The van der Waals surface area contributed by atoms with Crippen molar-refractivity contribution in [2.24, 2.45) is 0 Å². The molecule has 0 aliphatic carbocycles. The zero-order valence-electron chi connectivity index (χ0n) is 9.89. The average Bonchev–Trinajstić information content (AvgIpc) is 2.31. The van der Waals surface area contributed by atoms with Gasteiger partial charge in [-0.25, -0.2) is 4.39 Å². The third-order valence-electron chi connectivity index (χ3n) is 2.64. The van der Waals surface area contributed by atoms with Crippen LogP contribution in [-0.2, 0) is 12.7 Å². The van der Waals surface area contributed by atoms with Crippen LogP contribution >= 0.6 is 0 Å². The van der Waals surface area contributed by atoms with Crippen molar-refractivity contribution >= 4 is 0 Å². The Kier molecular flexibility index (Phi) is 5.10. The monoisotopic (exact) mass is 265 g/mol. The molecule has 18 heavy (non-hydrogen) atoms. The molecule has 0 saturated carbocycles. The highest BCUT2D eigenvalue weighted by atomic mass is 19.4. The first-order chi connectivity index (χ1) is 8.38. The van der Waals surface area contributed by atoms with Gasteiger partial charge >= 0.3 is 6.18 Å². The molecule has 0 heterocycles. The van der Waals surface area contributed by atoms with Gasteiger partial charge in [0.05, 0.1) is 12.2 Å². The van der Waals surface area contributed by atoms with E-state index < -0.39 is 17.6 Å². The maximum absolute atomic E-state index is 13.0. The number of benzene rings is 1. The molecule has 102 valence electrons. The van der Waals surface area contributed by atoms with Crippen molar-refractivity contribution < 1.29 is 22.7 Å². The molecule has 0 radical (unpaired) electrons. The fourth-order valence-corrected chi connectivity index (χ4v) is 1.50. The Bertz CT molecular complexity index is 388. The highest BCUT2D eigenvalue weighted by molar-refractivity contribution is 5.27. The summed E-state index contributed by atoms with van der Waals surface area (Å²) in [5.41, 5.74) is -0.936. The van der Waals surface area contributed by atoms with Crippen LogP contribution in [0.15, 0.2) is 18.2 Å². The molecule has 6 heteroatoms. The molecular formula is C12H15F4NO. The summed E-state index contributed by atoms with van der Waals surface area (Å²) in [4.78, 5) is 0. The number of hydrogen-bond donors (Lipinski definition) is 2. The molecule has 0 spiro atoms. The largest absolute Gasteiger partial charge is 0.419 e. The number of nitrogens with one attached hydrogen (secondary N) is 1. The van der Waals surface area contributed by atoms with Gasteiger partial charge in [0.2, 0.25) is 0 Å². The first-order valence-corrected chi connectivity index (χ1v) is 5.58. The van der Waals surface area contributed by atoms with Gasteiger partial charge in [0.1, 0.15) is 5.82 Å². The lowest BCUT2D eigenvalue weighted by molar-refractivity contribution is -0.140. The molecule has 0 saturated heterocycles. The Morgan fingerprint density at radius 1 is 1.33 bits per heavy atom. The molecule has 0 aliphatic rings. The van der Waals surface area contributed by atoms with E-state index in [1.54, 1.807) is 0 Å². The topological polar surface area (TPSA) is 32.3 Å². The summed E-state index contributed by atoms with van der Waals surface area (Å²) in [7, 11) is 0. The van der Waals surface area contributed by atoms with E-state index in [1.807, 2.05) is 6.92 Å². The summed E-state index contributed by atoms with van der Waals surface area (Å²) < 4.78 is 50.4. The summed E-state index contributed by atoms with van der Waals surface area (Å²) in [6.45, 7) is 1.91. The van der Waals surface area contributed by atoms with Gasteiger partial charge in [-0.05, 0) is 24.1 Å². The Hall–Kier alpha value is -1.14. The Morgan fingerprint density at radius 3 is 2.50 bits per heavy atom. The molecule has 1 atom stereocenters. The van der Waals surface area contributed by atoms with Crippen molar-refractivity contribution in [3.05, 3.63) is 35.1 Å². The van der Waals surface area contributed by atoms with Gasteiger partial charge in [-0.3, -0.25) is 0 Å². The van der Waals surface area contributed by atoms with Crippen LogP contribution in [0.5, 0.6) is 0 Å². The number of hydrogen-bond acceptors (Lipinski definition) is 2. The fraction of sp³-hybridized carbons (Fsp3) is 0.500. The van der Waals surface area contributed by atoms with Crippen LogP contribution in [0.3, 0.4) is 0 Å². The van der Waals surface area contributed by atoms with Crippen molar-refractivity contribution in [1.82, 2.24) is 5.32 Å². The second kappa shape index (κ2) is 6.15. The molecule has 0 amide bonds. The maximum Gasteiger partial charge on any atom is 0.419 e.